The fraction of sp³-hybridized carbons (Fsp3) is 0.381. The summed E-state index contributed by atoms with van der Waals surface area (Å²) in [5.41, 5.74) is 1.63. The van der Waals surface area contributed by atoms with E-state index in [1.54, 1.807) is 12.1 Å². The Labute approximate surface area is 165 Å². The standard InChI is InChI=1S/C21H25ClN2O3/c1-2-27-17-9-7-16(8-10-17)21(25)23-15-20(24-11-13-26-14-12-24)18-5-3-4-6-19(18)22/h3-10,20H,2,11-15H2,1H3,(H,23,25)/t20-/m1/s1. The van der Waals surface area contributed by atoms with Gasteiger partial charge in [0.05, 0.1) is 25.9 Å². The van der Waals surface area contributed by atoms with Crippen molar-refractivity contribution in [2.24, 2.45) is 0 Å². The molecule has 1 amide bonds. The fourth-order valence-corrected chi connectivity index (χ4v) is 3.49. The first-order valence-electron chi connectivity index (χ1n) is 9.26. The van der Waals surface area contributed by atoms with Crippen LogP contribution < -0.4 is 10.1 Å². The third kappa shape index (κ3) is 5.22. The SMILES string of the molecule is CCOc1ccc(C(=O)NC[C@H](c2ccccc2Cl)N2CCOCC2)cc1. The van der Waals surface area contributed by atoms with Crippen LogP contribution in [0.5, 0.6) is 5.75 Å². The van der Waals surface area contributed by atoms with Crippen LogP contribution in [-0.2, 0) is 4.74 Å². The Morgan fingerprint density at radius 2 is 1.89 bits per heavy atom. The Morgan fingerprint density at radius 3 is 2.56 bits per heavy atom. The zero-order chi connectivity index (χ0) is 19.1. The molecule has 0 aromatic heterocycles. The second-order valence-corrected chi connectivity index (χ2v) is 6.76. The summed E-state index contributed by atoms with van der Waals surface area (Å²) in [5.74, 6) is 0.652. The van der Waals surface area contributed by atoms with Gasteiger partial charge in [-0.2, -0.15) is 0 Å². The minimum atomic E-state index is -0.108. The van der Waals surface area contributed by atoms with Gasteiger partial charge >= 0.3 is 0 Å². The van der Waals surface area contributed by atoms with Crippen molar-refractivity contribution < 1.29 is 14.3 Å². The third-order valence-electron chi connectivity index (χ3n) is 4.63. The topological polar surface area (TPSA) is 50.8 Å². The molecular weight excluding hydrogens is 364 g/mol. The Hall–Kier alpha value is -2.08. The molecule has 0 aliphatic carbocycles. The van der Waals surface area contributed by atoms with Crippen LogP contribution in [-0.4, -0.2) is 50.3 Å². The second-order valence-electron chi connectivity index (χ2n) is 6.35. The van der Waals surface area contributed by atoms with Gasteiger partial charge in [-0.3, -0.25) is 9.69 Å². The smallest absolute Gasteiger partial charge is 0.251 e. The predicted molar refractivity (Wildman–Crippen MR) is 107 cm³/mol. The average Bonchev–Trinajstić information content (AvgIpc) is 2.71. The molecule has 1 atom stereocenters. The van der Waals surface area contributed by atoms with Gasteiger partial charge in [-0.05, 0) is 42.8 Å². The van der Waals surface area contributed by atoms with Crippen LogP contribution in [0.15, 0.2) is 48.5 Å². The highest BCUT2D eigenvalue weighted by Crippen LogP contribution is 2.28. The Bertz CT molecular complexity index is 745. The third-order valence-corrected chi connectivity index (χ3v) is 4.98. The van der Waals surface area contributed by atoms with E-state index in [4.69, 9.17) is 21.1 Å². The van der Waals surface area contributed by atoms with E-state index in [0.29, 0.717) is 37.0 Å². The Morgan fingerprint density at radius 1 is 1.19 bits per heavy atom. The zero-order valence-electron chi connectivity index (χ0n) is 15.5. The number of morpholine rings is 1. The summed E-state index contributed by atoms with van der Waals surface area (Å²) in [6.45, 7) is 6.02. The van der Waals surface area contributed by atoms with Gasteiger partial charge in [0.25, 0.3) is 5.91 Å². The molecule has 6 heteroatoms. The van der Waals surface area contributed by atoms with Crippen molar-refractivity contribution in [2.45, 2.75) is 13.0 Å². The normalized spacial score (nSPS) is 15.9. The summed E-state index contributed by atoms with van der Waals surface area (Å²) in [5, 5.41) is 3.76. The maximum atomic E-state index is 12.6. The number of nitrogens with one attached hydrogen (secondary N) is 1. The number of nitrogens with zero attached hydrogens (tertiary/aromatic N) is 1. The first kappa shape index (κ1) is 19.7. The van der Waals surface area contributed by atoms with Crippen LogP contribution in [0.25, 0.3) is 0 Å². The van der Waals surface area contributed by atoms with Gasteiger partial charge in [-0.15, -0.1) is 0 Å². The molecule has 0 radical (unpaired) electrons. The highest BCUT2D eigenvalue weighted by atomic mass is 35.5. The summed E-state index contributed by atoms with van der Waals surface area (Å²) in [7, 11) is 0. The van der Waals surface area contributed by atoms with Crippen LogP contribution in [0.3, 0.4) is 0 Å². The molecule has 27 heavy (non-hydrogen) atoms. The maximum absolute atomic E-state index is 12.6. The van der Waals surface area contributed by atoms with Crippen LogP contribution in [0.2, 0.25) is 5.02 Å². The first-order valence-corrected chi connectivity index (χ1v) is 9.64. The minimum Gasteiger partial charge on any atom is -0.494 e. The van der Waals surface area contributed by atoms with Gasteiger partial charge in [0.15, 0.2) is 0 Å². The molecular formula is C21H25ClN2O3. The van der Waals surface area contributed by atoms with Crippen molar-refractivity contribution in [2.75, 3.05) is 39.5 Å². The molecule has 2 aromatic rings. The van der Waals surface area contributed by atoms with E-state index in [2.05, 4.69) is 10.2 Å². The molecule has 5 nitrogen and oxygen atoms in total. The monoisotopic (exact) mass is 388 g/mol. The maximum Gasteiger partial charge on any atom is 0.251 e. The van der Waals surface area contributed by atoms with Gasteiger partial charge in [0, 0.05) is 30.2 Å². The molecule has 144 valence electrons. The summed E-state index contributed by atoms with van der Waals surface area (Å²) in [4.78, 5) is 14.9. The minimum absolute atomic E-state index is 0.00856. The molecule has 3 rings (SSSR count). The number of rotatable bonds is 7. The van der Waals surface area contributed by atoms with E-state index in [0.717, 1.165) is 24.4 Å². The van der Waals surface area contributed by atoms with Gasteiger partial charge in [-0.25, -0.2) is 0 Å². The Kier molecular flexibility index (Phi) is 7.10. The molecule has 1 saturated heterocycles. The average molecular weight is 389 g/mol. The molecule has 1 aliphatic rings. The number of carbonyl (C=O) groups is 1. The van der Waals surface area contributed by atoms with Crippen molar-refractivity contribution in [3.63, 3.8) is 0 Å². The van der Waals surface area contributed by atoms with Crippen molar-refractivity contribution in [3.8, 4) is 5.75 Å². The van der Waals surface area contributed by atoms with E-state index < -0.39 is 0 Å². The van der Waals surface area contributed by atoms with Crippen molar-refractivity contribution in [1.29, 1.82) is 0 Å². The number of benzene rings is 2. The highest BCUT2D eigenvalue weighted by Gasteiger charge is 2.25. The van der Waals surface area contributed by atoms with E-state index >= 15 is 0 Å². The molecule has 0 saturated carbocycles. The number of ether oxygens (including phenoxy) is 2. The number of carbonyl (C=O) groups excluding carboxylic acids is 1. The number of amides is 1. The highest BCUT2D eigenvalue weighted by molar-refractivity contribution is 6.31. The molecule has 0 spiro atoms. The molecule has 0 bridgehead atoms. The van der Waals surface area contributed by atoms with E-state index in [1.807, 2.05) is 43.3 Å². The molecule has 1 N–H and O–H groups in total. The molecule has 1 heterocycles. The van der Waals surface area contributed by atoms with Gasteiger partial charge < -0.3 is 14.8 Å². The lowest BCUT2D eigenvalue weighted by Gasteiger charge is -2.35. The summed E-state index contributed by atoms with van der Waals surface area (Å²) >= 11 is 6.43. The summed E-state index contributed by atoms with van der Waals surface area (Å²) in [6.07, 6.45) is 0. The summed E-state index contributed by atoms with van der Waals surface area (Å²) in [6, 6.07) is 15.0. The molecule has 1 fully saturated rings. The zero-order valence-corrected chi connectivity index (χ0v) is 16.2. The van der Waals surface area contributed by atoms with Crippen LogP contribution in [0.4, 0.5) is 0 Å². The number of hydrogen-bond acceptors (Lipinski definition) is 4. The van der Waals surface area contributed by atoms with E-state index in [-0.39, 0.29) is 11.9 Å². The van der Waals surface area contributed by atoms with Crippen molar-refractivity contribution in [1.82, 2.24) is 10.2 Å². The largest absolute Gasteiger partial charge is 0.494 e. The van der Waals surface area contributed by atoms with Crippen LogP contribution in [0.1, 0.15) is 28.9 Å². The fourth-order valence-electron chi connectivity index (χ4n) is 3.23. The second kappa shape index (κ2) is 9.74. The lowest BCUT2D eigenvalue weighted by atomic mass is 10.0. The molecule has 0 unspecified atom stereocenters. The van der Waals surface area contributed by atoms with Crippen molar-refractivity contribution in [3.05, 3.63) is 64.7 Å². The Balaban J connectivity index is 1.70. The van der Waals surface area contributed by atoms with Gasteiger partial charge in [0.2, 0.25) is 0 Å². The first-order chi connectivity index (χ1) is 13.2. The van der Waals surface area contributed by atoms with Gasteiger partial charge in [-0.1, -0.05) is 29.8 Å². The van der Waals surface area contributed by atoms with Gasteiger partial charge in [0.1, 0.15) is 5.75 Å². The van der Waals surface area contributed by atoms with E-state index in [1.165, 1.54) is 0 Å². The van der Waals surface area contributed by atoms with Crippen LogP contribution >= 0.6 is 11.6 Å². The lowest BCUT2D eigenvalue weighted by Crippen LogP contribution is -2.44. The van der Waals surface area contributed by atoms with Crippen molar-refractivity contribution >= 4 is 17.5 Å². The lowest BCUT2D eigenvalue weighted by molar-refractivity contribution is 0.0162. The number of halogens is 1. The quantitative estimate of drug-likeness (QED) is 0.788. The predicted octanol–water partition coefficient (Wildman–Crippen LogP) is 3.54. The van der Waals surface area contributed by atoms with Crippen LogP contribution in [0, 0.1) is 0 Å². The molecule has 2 aromatic carbocycles. The molecule has 1 aliphatic heterocycles. The number of hydrogen-bond donors (Lipinski definition) is 1. The summed E-state index contributed by atoms with van der Waals surface area (Å²) < 4.78 is 10.9. The van der Waals surface area contributed by atoms with E-state index in [9.17, 15) is 4.79 Å².